The molecule has 0 bridgehead atoms. The highest BCUT2D eigenvalue weighted by Crippen LogP contribution is 2.17. The molecule has 22 heavy (non-hydrogen) atoms. The third-order valence-corrected chi connectivity index (χ3v) is 3.44. The van der Waals surface area contributed by atoms with Crippen molar-refractivity contribution in [1.82, 2.24) is 9.78 Å². The van der Waals surface area contributed by atoms with E-state index in [2.05, 4.69) is 10.4 Å². The van der Waals surface area contributed by atoms with Crippen molar-refractivity contribution in [1.29, 1.82) is 0 Å². The van der Waals surface area contributed by atoms with Gasteiger partial charge in [0.1, 0.15) is 11.4 Å². The second-order valence-electron chi connectivity index (χ2n) is 5.00. The van der Waals surface area contributed by atoms with Crippen molar-refractivity contribution in [3.8, 4) is 0 Å². The standard InChI is InChI=1S/C16H19N3O3/c1-5-22-16(21)13-9-17-19(4)14(13)18-15(20)12-7-6-10(2)11(3)8-12/h6-9H,5H2,1-4H3,(H,18,20). The molecule has 0 aliphatic carbocycles. The molecule has 2 rings (SSSR count). The molecule has 0 spiro atoms. The van der Waals surface area contributed by atoms with Gasteiger partial charge in [-0.15, -0.1) is 0 Å². The van der Waals surface area contributed by atoms with Gasteiger partial charge in [0.25, 0.3) is 5.91 Å². The molecule has 0 saturated heterocycles. The number of benzene rings is 1. The number of hydrogen-bond donors (Lipinski definition) is 1. The van der Waals surface area contributed by atoms with Gasteiger partial charge in [0.2, 0.25) is 0 Å². The minimum Gasteiger partial charge on any atom is -0.462 e. The van der Waals surface area contributed by atoms with Crippen LogP contribution in [0.4, 0.5) is 5.82 Å². The zero-order valence-electron chi connectivity index (χ0n) is 13.1. The number of hydrogen-bond acceptors (Lipinski definition) is 4. The number of aromatic nitrogens is 2. The highest BCUT2D eigenvalue weighted by Gasteiger charge is 2.19. The van der Waals surface area contributed by atoms with Gasteiger partial charge in [-0.1, -0.05) is 6.07 Å². The second kappa shape index (κ2) is 6.43. The minimum absolute atomic E-state index is 0.238. The van der Waals surface area contributed by atoms with Crippen LogP contribution in [0.25, 0.3) is 0 Å². The van der Waals surface area contributed by atoms with E-state index in [0.717, 1.165) is 11.1 Å². The first-order valence-corrected chi connectivity index (χ1v) is 7.01. The molecule has 6 heteroatoms. The van der Waals surface area contributed by atoms with Crippen molar-refractivity contribution < 1.29 is 14.3 Å². The first kappa shape index (κ1) is 15.8. The number of anilines is 1. The summed E-state index contributed by atoms with van der Waals surface area (Å²) in [5.41, 5.74) is 2.91. The van der Waals surface area contributed by atoms with E-state index in [1.54, 1.807) is 20.0 Å². The fraction of sp³-hybridized carbons (Fsp3) is 0.312. The topological polar surface area (TPSA) is 73.2 Å². The number of aryl methyl sites for hydroxylation is 3. The number of carbonyl (C=O) groups is 2. The van der Waals surface area contributed by atoms with Gasteiger partial charge in [0, 0.05) is 12.6 Å². The Morgan fingerprint density at radius 1 is 1.27 bits per heavy atom. The van der Waals surface area contributed by atoms with Crippen molar-refractivity contribution in [2.24, 2.45) is 7.05 Å². The van der Waals surface area contributed by atoms with Crippen molar-refractivity contribution in [2.45, 2.75) is 20.8 Å². The molecule has 1 aromatic heterocycles. The summed E-state index contributed by atoms with van der Waals surface area (Å²) in [5, 5.41) is 6.72. The molecule has 0 saturated carbocycles. The van der Waals surface area contributed by atoms with Crippen LogP contribution in [0.5, 0.6) is 0 Å². The molecule has 0 radical (unpaired) electrons. The normalized spacial score (nSPS) is 10.4. The number of ether oxygens (including phenoxy) is 1. The second-order valence-corrected chi connectivity index (χ2v) is 5.00. The lowest BCUT2D eigenvalue weighted by molar-refractivity contribution is 0.0527. The van der Waals surface area contributed by atoms with Crippen LogP contribution in [0.3, 0.4) is 0 Å². The average Bonchev–Trinajstić information content (AvgIpc) is 2.83. The minimum atomic E-state index is -0.508. The molecule has 1 heterocycles. The van der Waals surface area contributed by atoms with Crippen molar-refractivity contribution >= 4 is 17.7 Å². The van der Waals surface area contributed by atoms with Crippen LogP contribution in [0, 0.1) is 13.8 Å². The smallest absolute Gasteiger partial charge is 0.343 e. The molecule has 0 fully saturated rings. The molecule has 0 atom stereocenters. The summed E-state index contributed by atoms with van der Waals surface area (Å²) < 4.78 is 6.40. The highest BCUT2D eigenvalue weighted by atomic mass is 16.5. The van der Waals surface area contributed by atoms with Crippen molar-refractivity contribution in [3.05, 3.63) is 46.6 Å². The van der Waals surface area contributed by atoms with Crippen LogP contribution in [-0.2, 0) is 11.8 Å². The maximum absolute atomic E-state index is 12.4. The largest absolute Gasteiger partial charge is 0.462 e. The lowest BCUT2D eigenvalue weighted by Gasteiger charge is -2.09. The molecule has 116 valence electrons. The quantitative estimate of drug-likeness (QED) is 0.880. The molecule has 1 amide bonds. The number of amides is 1. The SMILES string of the molecule is CCOC(=O)c1cnn(C)c1NC(=O)c1ccc(C)c(C)c1. The zero-order chi connectivity index (χ0) is 16.3. The van der Waals surface area contributed by atoms with E-state index in [4.69, 9.17) is 4.74 Å². The summed E-state index contributed by atoms with van der Waals surface area (Å²) in [6, 6.07) is 5.45. The average molecular weight is 301 g/mol. The third-order valence-electron chi connectivity index (χ3n) is 3.44. The van der Waals surface area contributed by atoms with E-state index < -0.39 is 5.97 Å². The van der Waals surface area contributed by atoms with Crippen LogP contribution in [0.2, 0.25) is 0 Å². The number of nitrogens with one attached hydrogen (secondary N) is 1. The van der Waals surface area contributed by atoms with Crippen LogP contribution >= 0.6 is 0 Å². The van der Waals surface area contributed by atoms with Gasteiger partial charge in [-0.2, -0.15) is 5.10 Å². The van der Waals surface area contributed by atoms with Crippen LogP contribution in [0.15, 0.2) is 24.4 Å². The van der Waals surface area contributed by atoms with E-state index >= 15 is 0 Å². The predicted molar refractivity (Wildman–Crippen MR) is 83.0 cm³/mol. The summed E-state index contributed by atoms with van der Waals surface area (Å²) >= 11 is 0. The Morgan fingerprint density at radius 2 is 2.00 bits per heavy atom. The highest BCUT2D eigenvalue weighted by molar-refractivity contribution is 6.07. The Bertz CT molecular complexity index is 719. The summed E-state index contributed by atoms with van der Waals surface area (Å²) in [6.45, 7) is 5.91. The van der Waals surface area contributed by atoms with Crippen LogP contribution in [0.1, 0.15) is 38.8 Å². The van der Waals surface area contributed by atoms with E-state index in [9.17, 15) is 9.59 Å². The van der Waals surface area contributed by atoms with Gasteiger partial charge in [-0.3, -0.25) is 9.48 Å². The molecular weight excluding hydrogens is 282 g/mol. The third kappa shape index (κ3) is 3.16. The number of nitrogens with zero attached hydrogens (tertiary/aromatic N) is 2. The number of rotatable bonds is 4. The van der Waals surface area contributed by atoms with Gasteiger partial charge >= 0.3 is 5.97 Å². The van der Waals surface area contributed by atoms with E-state index in [1.165, 1.54) is 10.9 Å². The Morgan fingerprint density at radius 3 is 2.64 bits per heavy atom. The molecule has 0 aliphatic rings. The molecule has 6 nitrogen and oxygen atoms in total. The summed E-state index contributed by atoms with van der Waals surface area (Å²) in [4.78, 5) is 24.2. The molecule has 2 aromatic rings. The first-order valence-electron chi connectivity index (χ1n) is 7.01. The number of carbonyl (C=O) groups excluding carboxylic acids is 2. The monoisotopic (exact) mass is 301 g/mol. The van der Waals surface area contributed by atoms with E-state index in [-0.39, 0.29) is 18.1 Å². The Hall–Kier alpha value is -2.63. The zero-order valence-corrected chi connectivity index (χ0v) is 13.1. The number of esters is 1. The maximum Gasteiger partial charge on any atom is 0.343 e. The molecular formula is C16H19N3O3. The van der Waals surface area contributed by atoms with E-state index in [1.807, 2.05) is 26.0 Å². The maximum atomic E-state index is 12.4. The molecule has 0 aliphatic heterocycles. The lowest BCUT2D eigenvalue weighted by atomic mass is 10.1. The van der Waals surface area contributed by atoms with Gasteiger partial charge in [0.05, 0.1) is 12.8 Å². The van der Waals surface area contributed by atoms with Crippen molar-refractivity contribution in [2.75, 3.05) is 11.9 Å². The summed E-state index contributed by atoms with van der Waals surface area (Å²) in [7, 11) is 1.65. The lowest BCUT2D eigenvalue weighted by Crippen LogP contribution is -2.17. The predicted octanol–water partition coefficient (Wildman–Crippen LogP) is 2.47. The van der Waals surface area contributed by atoms with Crippen LogP contribution < -0.4 is 5.32 Å². The Labute approximate surface area is 129 Å². The molecule has 1 N–H and O–H groups in total. The van der Waals surface area contributed by atoms with Gasteiger partial charge in [0.15, 0.2) is 0 Å². The summed E-state index contributed by atoms with van der Waals surface area (Å²) in [6.07, 6.45) is 1.38. The van der Waals surface area contributed by atoms with Crippen LogP contribution in [-0.4, -0.2) is 28.3 Å². The molecule has 0 unspecified atom stereocenters. The van der Waals surface area contributed by atoms with Crippen molar-refractivity contribution in [3.63, 3.8) is 0 Å². The first-order chi connectivity index (χ1) is 10.4. The Kier molecular flexibility index (Phi) is 4.60. The fourth-order valence-corrected chi connectivity index (χ4v) is 2.01. The van der Waals surface area contributed by atoms with Gasteiger partial charge < -0.3 is 10.1 Å². The summed E-state index contributed by atoms with van der Waals surface area (Å²) in [5.74, 6) is -0.482. The fourth-order valence-electron chi connectivity index (χ4n) is 2.01. The van der Waals surface area contributed by atoms with Gasteiger partial charge in [-0.05, 0) is 44.0 Å². The molecule has 1 aromatic carbocycles. The van der Waals surface area contributed by atoms with E-state index in [0.29, 0.717) is 11.4 Å². The Balaban J connectivity index is 2.26. The van der Waals surface area contributed by atoms with Gasteiger partial charge in [-0.25, -0.2) is 4.79 Å².